The molecular weight excluding hydrogens is 218 g/mol. The highest BCUT2D eigenvalue weighted by Gasteiger charge is 2.17. The number of thioether (sulfide) groups is 1. The molecule has 2 atom stereocenters. The average molecular weight is 241 g/mol. The van der Waals surface area contributed by atoms with Gasteiger partial charge >= 0.3 is 0 Å². The van der Waals surface area contributed by atoms with E-state index in [1.54, 1.807) is 0 Å². The van der Waals surface area contributed by atoms with E-state index in [0.29, 0.717) is 12.0 Å². The van der Waals surface area contributed by atoms with Crippen molar-refractivity contribution in [3.05, 3.63) is 0 Å². The molecule has 2 fully saturated rings. The zero-order valence-corrected chi connectivity index (χ0v) is 11.2. The largest absolute Gasteiger partial charge is 0.362 e. The van der Waals surface area contributed by atoms with Gasteiger partial charge < -0.3 is 10.2 Å². The van der Waals surface area contributed by atoms with Crippen LogP contribution in [0.25, 0.3) is 0 Å². The van der Waals surface area contributed by atoms with Crippen molar-refractivity contribution in [3.63, 3.8) is 0 Å². The van der Waals surface area contributed by atoms with Crippen molar-refractivity contribution in [1.29, 1.82) is 0 Å². The topological polar surface area (TPSA) is 27.6 Å². The van der Waals surface area contributed by atoms with Gasteiger partial charge in [0.15, 0.2) is 5.17 Å². The summed E-state index contributed by atoms with van der Waals surface area (Å²) in [5.74, 6) is 1.85. The van der Waals surface area contributed by atoms with Gasteiger partial charge in [-0.15, -0.1) is 0 Å². The van der Waals surface area contributed by atoms with Crippen LogP contribution >= 0.6 is 11.8 Å². The van der Waals surface area contributed by atoms with Gasteiger partial charge in [0, 0.05) is 24.9 Å². The quantitative estimate of drug-likeness (QED) is 0.813. The predicted molar refractivity (Wildman–Crippen MR) is 72.2 cm³/mol. The van der Waals surface area contributed by atoms with Gasteiger partial charge in [-0.2, -0.15) is 0 Å². The standard InChI is InChI=1S/C12H23N3S/c1-10(8-15-5-3-4-6-15)7-13-12-14-11(2)9-16-12/h10-11H,3-9H2,1-2H3,(H,13,14). The number of nitrogens with one attached hydrogen (secondary N) is 1. The van der Waals surface area contributed by atoms with Crippen molar-refractivity contribution in [2.24, 2.45) is 10.9 Å². The first-order valence-electron chi connectivity index (χ1n) is 6.40. The normalized spacial score (nSPS) is 30.9. The van der Waals surface area contributed by atoms with Crippen LogP contribution in [0.2, 0.25) is 0 Å². The van der Waals surface area contributed by atoms with Gasteiger partial charge in [0.25, 0.3) is 0 Å². The zero-order valence-electron chi connectivity index (χ0n) is 10.4. The molecule has 2 aliphatic rings. The summed E-state index contributed by atoms with van der Waals surface area (Å²) < 4.78 is 0. The van der Waals surface area contributed by atoms with Gasteiger partial charge in [-0.1, -0.05) is 18.7 Å². The van der Waals surface area contributed by atoms with Gasteiger partial charge in [-0.05, 0) is 38.8 Å². The monoisotopic (exact) mass is 241 g/mol. The first kappa shape index (κ1) is 12.2. The van der Waals surface area contributed by atoms with E-state index >= 15 is 0 Å². The number of hydrogen-bond acceptors (Lipinski definition) is 3. The van der Waals surface area contributed by atoms with Gasteiger partial charge in [0.2, 0.25) is 0 Å². The minimum absolute atomic E-state index is 0.595. The van der Waals surface area contributed by atoms with E-state index in [0.717, 1.165) is 11.7 Å². The summed E-state index contributed by atoms with van der Waals surface area (Å²) in [7, 11) is 0. The lowest BCUT2D eigenvalue weighted by Crippen LogP contribution is -2.27. The number of aliphatic imine (C=N–C) groups is 1. The predicted octanol–water partition coefficient (Wildman–Crippen LogP) is 1.80. The Morgan fingerprint density at radius 3 is 2.88 bits per heavy atom. The Morgan fingerprint density at radius 2 is 2.25 bits per heavy atom. The molecule has 92 valence electrons. The Kier molecular flexibility index (Phi) is 4.53. The Hall–Kier alpha value is -0.220. The second-order valence-electron chi connectivity index (χ2n) is 5.12. The SMILES string of the molecule is CC(CN=C1NC(C)CS1)CN1CCCC1. The summed E-state index contributed by atoms with van der Waals surface area (Å²) in [5.41, 5.74) is 0. The fourth-order valence-corrected chi connectivity index (χ4v) is 3.23. The third-order valence-electron chi connectivity index (χ3n) is 3.16. The van der Waals surface area contributed by atoms with E-state index in [4.69, 9.17) is 0 Å². The molecule has 0 spiro atoms. The molecule has 2 rings (SSSR count). The third-order valence-corrected chi connectivity index (χ3v) is 4.34. The smallest absolute Gasteiger partial charge is 0.156 e. The molecule has 0 radical (unpaired) electrons. The van der Waals surface area contributed by atoms with Crippen LogP contribution in [0.15, 0.2) is 4.99 Å². The molecule has 1 N–H and O–H groups in total. The van der Waals surface area contributed by atoms with Crippen LogP contribution in [-0.4, -0.2) is 48.0 Å². The van der Waals surface area contributed by atoms with Crippen molar-refractivity contribution >= 4 is 16.9 Å². The van der Waals surface area contributed by atoms with Crippen molar-refractivity contribution < 1.29 is 0 Å². The average Bonchev–Trinajstić information content (AvgIpc) is 2.87. The molecule has 0 saturated carbocycles. The van der Waals surface area contributed by atoms with E-state index in [-0.39, 0.29) is 0 Å². The Bertz CT molecular complexity index is 249. The van der Waals surface area contributed by atoms with Crippen molar-refractivity contribution in [2.75, 3.05) is 31.9 Å². The highest BCUT2D eigenvalue weighted by Crippen LogP contribution is 2.14. The van der Waals surface area contributed by atoms with E-state index < -0.39 is 0 Å². The Labute approximate surface area is 103 Å². The molecule has 2 aliphatic heterocycles. The zero-order chi connectivity index (χ0) is 11.4. The van der Waals surface area contributed by atoms with Crippen molar-refractivity contribution in [2.45, 2.75) is 32.7 Å². The van der Waals surface area contributed by atoms with Crippen LogP contribution < -0.4 is 5.32 Å². The second kappa shape index (κ2) is 5.92. The van der Waals surface area contributed by atoms with Crippen molar-refractivity contribution in [1.82, 2.24) is 10.2 Å². The molecule has 3 nitrogen and oxygen atoms in total. The fourth-order valence-electron chi connectivity index (χ4n) is 2.29. The van der Waals surface area contributed by atoms with Gasteiger partial charge in [-0.3, -0.25) is 4.99 Å². The lowest BCUT2D eigenvalue weighted by molar-refractivity contribution is 0.292. The maximum Gasteiger partial charge on any atom is 0.156 e. The summed E-state index contributed by atoms with van der Waals surface area (Å²) in [4.78, 5) is 7.23. The van der Waals surface area contributed by atoms with Gasteiger partial charge in [0.05, 0.1) is 0 Å². The summed E-state index contributed by atoms with van der Waals surface area (Å²) in [6, 6.07) is 0.595. The van der Waals surface area contributed by atoms with E-state index in [9.17, 15) is 0 Å². The molecule has 0 aromatic carbocycles. The number of nitrogens with zero attached hydrogens (tertiary/aromatic N) is 2. The summed E-state index contributed by atoms with van der Waals surface area (Å²) in [6.07, 6.45) is 2.77. The molecule has 16 heavy (non-hydrogen) atoms. The minimum Gasteiger partial charge on any atom is -0.362 e. The van der Waals surface area contributed by atoms with Crippen LogP contribution in [0.1, 0.15) is 26.7 Å². The molecule has 2 unspecified atom stereocenters. The van der Waals surface area contributed by atoms with E-state index in [2.05, 4.69) is 29.1 Å². The fraction of sp³-hybridized carbons (Fsp3) is 0.917. The lowest BCUT2D eigenvalue weighted by atomic mass is 10.2. The summed E-state index contributed by atoms with van der Waals surface area (Å²) in [6.45, 7) is 9.31. The molecule has 2 heterocycles. The molecule has 0 aromatic heterocycles. The molecular formula is C12H23N3S. The van der Waals surface area contributed by atoms with Crippen LogP contribution in [0.4, 0.5) is 0 Å². The minimum atomic E-state index is 0.595. The number of rotatable bonds is 4. The third kappa shape index (κ3) is 3.67. The van der Waals surface area contributed by atoms with Crippen molar-refractivity contribution in [3.8, 4) is 0 Å². The lowest BCUT2D eigenvalue weighted by Gasteiger charge is -2.18. The number of likely N-dealkylation sites (tertiary alicyclic amines) is 1. The first-order chi connectivity index (χ1) is 7.74. The Balaban J connectivity index is 1.68. The van der Waals surface area contributed by atoms with Crippen LogP contribution in [0.5, 0.6) is 0 Å². The number of amidine groups is 1. The number of hydrogen-bond donors (Lipinski definition) is 1. The van der Waals surface area contributed by atoms with E-state index in [1.807, 2.05) is 11.8 Å². The maximum atomic E-state index is 4.66. The van der Waals surface area contributed by atoms with Gasteiger partial charge in [0.1, 0.15) is 0 Å². The molecule has 0 bridgehead atoms. The van der Waals surface area contributed by atoms with Crippen LogP contribution in [-0.2, 0) is 0 Å². The van der Waals surface area contributed by atoms with Crippen LogP contribution in [0, 0.1) is 5.92 Å². The molecule has 4 heteroatoms. The van der Waals surface area contributed by atoms with Crippen LogP contribution in [0.3, 0.4) is 0 Å². The molecule has 0 aliphatic carbocycles. The Morgan fingerprint density at radius 1 is 1.50 bits per heavy atom. The summed E-state index contributed by atoms with van der Waals surface area (Å²) >= 11 is 1.86. The van der Waals surface area contributed by atoms with E-state index in [1.165, 1.54) is 38.2 Å². The summed E-state index contributed by atoms with van der Waals surface area (Å²) in [5, 5.41) is 4.56. The molecule has 2 saturated heterocycles. The highest BCUT2D eigenvalue weighted by molar-refractivity contribution is 8.14. The molecule has 0 aromatic rings. The molecule has 0 amide bonds. The second-order valence-corrected chi connectivity index (χ2v) is 6.12. The first-order valence-corrected chi connectivity index (χ1v) is 7.39. The maximum absolute atomic E-state index is 4.66. The highest BCUT2D eigenvalue weighted by atomic mass is 32.2. The van der Waals surface area contributed by atoms with Gasteiger partial charge in [-0.25, -0.2) is 0 Å².